The van der Waals surface area contributed by atoms with Crippen LogP contribution in [0.5, 0.6) is 5.75 Å². The van der Waals surface area contributed by atoms with Crippen LogP contribution in [0.15, 0.2) is 77.8 Å². The van der Waals surface area contributed by atoms with E-state index in [0.29, 0.717) is 22.5 Å². The summed E-state index contributed by atoms with van der Waals surface area (Å²) in [5.41, 5.74) is 4.33. The summed E-state index contributed by atoms with van der Waals surface area (Å²) in [6, 6.07) is 22.2. The zero-order chi connectivity index (χ0) is 19.7. The lowest BCUT2D eigenvalue weighted by Gasteiger charge is -2.12. The quantitative estimate of drug-likeness (QED) is 0.608. The molecule has 138 valence electrons. The topological polar surface area (TPSA) is 55.7 Å². The van der Waals surface area contributed by atoms with Gasteiger partial charge in [-0.3, -0.25) is 14.6 Å². The Bertz CT molecular complexity index is 1100. The van der Waals surface area contributed by atoms with Gasteiger partial charge < -0.3 is 4.74 Å². The fraction of sp³-hybridized carbons (Fsp3) is 0.125. The standard InChI is InChI=1S/C24H19NO3/c1-15(26)17-6-5-7-18(14-17)25-23-20-8-3-4-9-21(20)24(27)22(23)16-10-12-19(28-2)13-11-16/h3-14,22H,1-2H3. The second kappa shape index (κ2) is 7.24. The number of hydrogen-bond donors (Lipinski definition) is 0. The third-order valence-electron chi connectivity index (χ3n) is 4.96. The molecule has 0 N–H and O–H groups in total. The number of carbonyl (C=O) groups is 2. The van der Waals surface area contributed by atoms with Crippen LogP contribution >= 0.6 is 0 Å². The van der Waals surface area contributed by atoms with Gasteiger partial charge in [-0.25, -0.2) is 0 Å². The number of hydrogen-bond acceptors (Lipinski definition) is 4. The molecule has 0 saturated heterocycles. The highest BCUT2D eigenvalue weighted by Crippen LogP contribution is 2.36. The predicted molar refractivity (Wildman–Crippen MR) is 109 cm³/mol. The molecule has 0 radical (unpaired) electrons. The summed E-state index contributed by atoms with van der Waals surface area (Å²) < 4.78 is 5.23. The van der Waals surface area contributed by atoms with Gasteiger partial charge in [-0.15, -0.1) is 0 Å². The van der Waals surface area contributed by atoms with Crippen molar-refractivity contribution in [3.8, 4) is 5.75 Å². The monoisotopic (exact) mass is 369 g/mol. The van der Waals surface area contributed by atoms with Gasteiger partial charge in [0.15, 0.2) is 11.6 Å². The van der Waals surface area contributed by atoms with Crippen LogP contribution in [-0.2, 0) is 0 Å². The molecule has 0 heterocycles. The summed E-state index contributed by atoms with van der Waals surface area (Å²) in [7, 11) is 1.61. The van der Waals surface area contributed by atoms with Gasteiger partial charge in [-0.1, -0.05) is 48.5 Å². The minimum atomic E-state index is -0.482. The summed E-state index contributed by atoms with van der Waals surface area (Å²) in [6.07, 6.45) is 0. The zero-order valence-corrected chi connectivity index (χ0v) is 15.7. The average Bonchev–Trinajstić information content (AvgIpc) is 3.00. The fourth-order valence-corrected chi connectivity index (χ4v) is 3.52. The molecule has 3 aromatic carbocycles. The van der Waals surface area contributed by atoms with Crippen LogP contribution in [0.3, 0.4) is 0 Å². The Kier molecular flexibility index (Phi) is 4.62. The lowest BCUT2D eigenvalue weighted by atomic mass is 9.93. The molecule has 1 unspecified atom stereocenters. The zero-order valence-electron chi connectivity index (χ0n) is 15.7. The molecule has 0 bridgehead atoms. The lowest BCUT2D eigenvalue weighted by molar-refractivity contribution is 0.0986. The molecular weight excluding hydrogens is 350 g/mol. The Morgan fingerprint density at radius 2 is 1.64 bits per heavy atom. The minimum Gasteiger partial charge on any atom is -0.497 e. The number of methoxy groups -OCH3 is 1. The van der Waals surface area contributed by atoms with Gasteiger partial charge in [0.25, 0.3) is 0 Å². The Balaban J connectivity index is 1.86. The molecule has 0 aliphatic heterocycles. The second-order valence-electron chi connectivity index (χ2n) is 6.72. The second-order valence-corrected chi connectivity index (χ2v) is 6.72. The van der Waals surface area contributed by atoms with E-state index < -0.39 is 5.92 Å². The highest BCUT2D eigenvalue weighted by Gasteiger charge is 2.37. The van der Waals surface area contributed by atoms with Crippen molar-refractivity contribution in [1.29, 1.82) is 0 Å². The molecule has 0 aromatic heterocycles. The molecular formula is C24H19NO3. The van der Waals surface area contributed by atoms with E-state index in [0.717, 1.165) is 16.9 Å². The molecule has 0 spiro atoms. The van der Waals surface area contributed by atoms with E-state index in [4.69, 9.17) is 9.73 Å². The largest absolute Gasteiger partial charge is 0.497 e. The fourth-order valence-electron chi connectivity index (χ4n) is 3.52. The van der Waals surface area contributed by atoms with Gasteiger partial charge in [0.1, 0.15) is 5.75 Å². The Hall–Kier alpha value is -3.53. The van der Waals surface area contributed by atoms with Crippen molar-refractivity contribution in [2.45, 2.75) is 12.8 Å². The molecule has 4 heteroatoms. The minimum absolute atomic E-state index is 0.0170. The summed E-state index contributed by atoms with van der Waals surface area (Å²) >= 11 is 0. The third kappa shape index (κ3) is 3.14. The summed E-state index contributed by atoms with van der Waals surface area (Å²) in [6.45, 7) is 1.53. The van der Waals surface area contributed by atoms with E-state index in [1.807, 2.05) is 54.6 Å². The van der Waals surface area contributed by atoms with Crippen molar-refractivity contribution in [2.75, 3.05) is 7.11 Å². The third-order valence-corrected chi connectivity index (χ3v) is 4.96. The average molecular weight is 369 g/mol. The van der Waals surface area contributed by atoms with Crippen LogP contribution in [0.2, 0.25) is 0 Å². The summed E-state index contributed by atoms with van der Waals surface area (Å²) in [5, 5.41) is 0. The van der Waals surface area contributed by atoms with Gasteiger partial charge in [-0.2, -0.15) is 0 Å². The van der Waals surface area contributed by atoms with Crippen molar-refractivity contribution >= 4 is 23.0 Å². The van der Waals surface area contributed by atoms with Gasteiger partial charge in [-0.05, 0) is 36.8 Å². The Labute approximate surface area is 163 Å². The molecule has 1 aliphatic rings. The first-order valence-electron chi connectivity index (χ1n) is 9.05. The maximum Gasteiger partial charge on any atom is 0.176 e. The summed E-state index contributed by atoms with van der Waals surface area (Å²) in [4.78, 5) is 29.7. The SMILES string of the molecule is COc1ccc(C2C(=O)c3ccccc3C2=Nc2cccc(C(C)=O)c2)cc1. The number of rotatable bonds is 4. The van der Waals surface area contributed by atoms with Gasteiger partial charge in [0.05, 0.1) is 24.4 Å². The Morgan fingerprint density at radius 1 is 0.929 bits per heavy atom. The normalized spacial score (nSPS) is 16.9. The first kappa shape index (κ1) is 17.9. The number of aliphatic imine (C=N–C) groups is 1. The van der Waals surface area contributed by atoms with Crippen molar-refractivity contribution < 1.29 is 14.3 Å². The number of nitrogens with zero attached hydrogens (tertiary/aromatic N) is 1. The molecule has 3 aromatic rings. The van der Waals surface area contributed by atoms with Crippen LogP contribution in [0, 0.1) is 0 Å². The number of fused-ring (bicyclic) bond motifs is 1. The van der Waals surface area contributed by atoms with Crippen molar-refractivity contribution in [3.05, 3.63) is 95.1 Å². The maximum atomic E-state index is 13.2. The molecule has 0 fully saturated rings. The van der Waals surface area contributed by atoms with E-state index in [2.05, 4.69) is 0 Å². The smallest absolute Gasteiger partial charge is 0.176 e. The van der Waals surface area contributed by atoms with Crippen molar-refractivity contribution in [3.63, 3.8) is 0 Å². The number of Topliss-reactive ketones (excluding diaryl/α,β-unsaturated/α-hetero) is 2. The molecule has 4 rings (SSSR count). The number of ketones is 2. The predicted octanol–water partition coefficient (Wildman–Crippen LogP) is 5.00. The van der Waals surface area contributed by atoms with Crippen LogP contribution in [0.4, 0.5) is 5.69 Å². The highest BCUT2D eigenvalue weighted by molar-refractivity contribution is 6.32. The molecule has 28 heavy (non-hydrogen) atoms. The maximum absolute atomic E-state index is 13.2. The van der Waals surface area contributed by atoms with Crippen LogP contribution < -0.4 is 4.74 Å². The molecule has 0 amide bonds. The molecule has 4 nitrogen and oxygen atoms in total. The lowest BCUT2D eigenvalue weighted by Crippen LogP contribution is -2.13. The number of benzene rings is 3. The van der Waals surface area contributed by atoms with Crippen LogP contribution in [0.1, 0.15) is 44.7 Å². The van der Waals surface area contributed by atoms with Crippen molar-refractivity contribution in [1.82, 2.24) is 0 Å². The molecule has 1 aliphatic carbocycles. The van der Waals surface area contributed by atoms with Crippen LogP contribution in [0.25, 0.3) is 0 Å². The van der Waals surface area contributed by atoms with E-state index >= 15 is 0 Å². The van der Waals surface area contributed by atoms with E-state index in [1.165, 1.54) is 6.92 Å². The summed E-state index contributed by atoms with van der Waals surface area (Å²) in [5.74, 6) is 0.266. The van der Waals surface area contributed by atoms with E-state index in [9.17, 15) is 9.59 Å². The van der Waals surface area contributed by atoms with E-state index in [-0.39, 0.29) is 11.6 Å². The molecule has 0 saturated carbocycles. The Morgan fingerprint density at radius 3 is 2.32 bits per heavy atom. The van der Waals surface area contributed by atoms with Gasteiger partial charge >= 0.3 is 0 Å². The molecule has 1 atom stereocenters. The van der Waals surface area contributed by atoms with Gasteiger partial charge in [0, 0.05) is 16.7 Å². The highest BCUT2D eigenvalue weighted by atomic mass is 16.5. The van der Waals surface area contributed by atoms with Gasteiger partial charge in [0.2, 0.25) is 0 Å². The van der Waals surface area contributed by atoms with E-state index in [1.54, 1.807) is 25.3 Å². The number of carbonyl (C=O) groups excluding carboxylic acids is 2. The van der Waals surface area contributed by atoms with Crippen LogP contribution in [-0.4, -0.2) is 24.4 Å². The first-order chi connectivity index (χ1) is 13.6. The van der Waals surface area contributed by atoms with Crippen molar-refractivity contribution in [2.24, 2.45) is 4.99 Å². The first-order valence-corrected chi connectivity index (χ1v) is 9.05. The number of ether oxygens (including phenoxy) is 1.